The van der Waals surface area contributed by atoms with E-state index in [0.717, 1.165) is 148 Å². The van der Waals surface area contributed by atoms with Crippen LogP contribution in [0.2, 0.25) is 0 Å². The van der Waals surface area contributed by atoms with Crippen molar-refractivity contribution >= 4 is 17.9 Å². The van der Waals surface area contributed by atoms with E-state index in [-0.39, 0.29) is 50.4 Å². The molecule has 0 N–H and O–H groups in total. The summed E-state index contributed by atoms with van der Waals surface area (Å²) in [6.07, 6.45) is 84.8. The van der Waals surface area contributed by atoms with Gasteiger partial charge in [-0.25, -0.2) is 0 Å². The second-order valence-corrected chi connectivity index (χ2v) is 17.3. The van der Waals surface area contributed by atoms with E-state index >= 15 is 0 Å². The van der Waals surface area contributed by atoms with Crippen molar-refractivity contribution in [2.75, 3.05) is 13.2 Å². The number of rotatable bonds is 47. The van der Waals surface area contributed by atoms with E-state index in [2.05, 4.69) is 191 Å². The Labute approximate surface area is 434 Å². The van der Waals surface area contributed by atoms with E-state index in [1.54, 1.807) is 0 Å². The van der Waals surface area contributed by atoms with Crippen LogP contribution in [0.5, 0.6) is 0 Å². The highest BCUT2D eigenvalue weighted by molar-refractivity contribution is 5.71. The molecule has 1 unspecified atom stereocenters. The summed E-state index contributed by atoms with van der Waals surface area (Å²) in [5.74, 6) is -1.05. The molecule has 71 heavy (non-hydrogen) atoms. The fourth-order valence-electron chi connectivity index (χ4n) is 6.66. The molecule has 0 saturated heterocycles. The Morgan fingerprint density at radius 2 is 0.507 bits per heavy atom. The first-order valence-corrected chi connectivity index (χ1v) is 27.6. The molecule has 0 aromatic carbocycles. The van der Waals surface area contributed by atoms with Crippen molar-refractivity contribution in [3.05, 3.63) is 170 Å². The Kier molecular flexibility index (Phi) is 53.1. The summed E-state index contributed by atoms with van der Waals surface area (Å²) in [7, 11) is 0. The first kappa shape index (κ1) is 65.8. The van der Waals surface area contributed by atoms with Gasteiger partial charge in [-0.15, -0.1) is 0 Å². The molecular formula is C65H98O6. The maximum atomic E-state index is 12.8. The van der Waals surface area contributed by atoms with E-state index in [4.69, 9.17) is 14.2 Å². The first-order valence-electron chi connectivity index (χ1n) is 27.6. The lowest BCUT2D eigenvalue weighted by atomic mass is 10.1. The number of hydrogen-bond donors (Lipinski definition) is 0. The summed E-state index contributed by atoms with van der Waals surface area (Å²) in [6, 6.07) is 0. The molecule has 0 aliphatic carbocycles. The van der Waals surface area contributed by atoms with Crippen molar-refractivity contribution in [1.29, 1.82) is 0 Å². The molecule has 0 spiro atoms. The summed E-state index contributed by atoms with van der Waals surface area (Å²) in [6.45, 7) is 6.17. The molecule has 0 aliphatic heterocycles. The second-order valence-electron chi connectivity index (χ2n) is 17.3. The third kappa shape index (κ3) is 55.6. The van der Waals surface area contributed by atoms with Gasteiger partial charge in [-0.1, -0.05) is 204 Å². The highest BCUT2D eigenvalue weighted by Crippen LogP contribution is 2.11. The monoisotopic (exact) mass is 975 g/mol. The van der Waals surface area contributed by atoms with Gasteiger partial charge in [0.25, 0.3) is 0 Å². The zero-order valence-corrected chi connectivity index (χ0v) is 44.9. The summed E-state index contributed by atoms with van der Waals surface area (Å²) >= 11 is 0. The molecule has 0 bridgehead atoms. The fraction of sp³-hybridized carbons (Fsp3) is 0.523. The SMILES string of the molecule is CC/C=C\C/C=C\C/C=C\C/C=C\C/C=C\C/C=C\CCCCC(=O)OCC(COC(=O)CCCC/C=C\C/C=C\C/C=C\C/C=C\CC)OC(=O)CCCCCC/C=C\C/C=C\C/C=C\C/C=C\CC. The van der Waals surface area contributed by atoms with Crippen LogP contribution in [0.15, 0.2) is 170 Å². The Morgan fingerprint density at radius 3 is 0.803 bits per heavy atom. The van der Waals surface area contributed by atoms with Gasteiger partial charge in [0.15, 0.2) is 6.10 Å². The Morgan fingerprint density at radius 1 is 0.282 bits per heavy atom. The van der Waals surface area contributed by atoms with Crippen molar-refractivity contribution < 1.29 is 28.6 Å². The van der Waals surface area contributed by atoms with Gasteiger partial charge in [-0.3, -0.25) is 14.4 Å². The third-order valence-corrected chi connectivity index (χ3v) is 10.7. The van der Waals surface area contributed by atoms with E-state index in [0.29, 0.717) is 12.8 Å². The van der Waals surface area contributed by atoms with Crippen LogP contribution in [0, 0.1) is 0 Å². The van der Waals surface area contributed by atoms with Gasteiger partial charge >= 0.3 is 17.9 Å². The molecular weight excluding hydrogens is 877 g/mol. The van der Waals surface area contributed by atoms with Crippen LogP contribution in [-0.2, 0) is 28.6 Å². The number of allylic oxidation sites excluding steroid dienone is 28. The van der Waals surface area contributed by atoms with Crippen LogP contribution in [0.1, 0.15) is 201 Å². The molecule has 0 fully saturated rings. The van der Waals surface area contributed by atoms with Crippen molar-refractivity contribution in [3.8, 4) is 0 Å². The van der Waals surface area contributed by atoms with Gasteiger partial charge in [0.05, 0.1) is 0 Å². The number of carbonyl (C=O) groups excluding carboxylic acids is 3. The molecule has 0 saturated carbocycles. The summed E-state index contributed by atoms with van der Waals surface area (Å²) in [5, 5.41) is 0. The summed E-state index contributed by atoms with van der Waals surface area (Å²) in [4.78, 5) is 38.1. The summed E-state index contributed by atoms with van der Waals surface area (Å²) in [5.41, 5.74) is 0. The largest absolute Gasteiger partial charge is 0.462 e. The maximum absolute atomic E-state index is 12.8. The van der Waals surface area contributed by atoms with Crippen LogP contribution >= 0.6 is 0 Å². The predicted molar refractivity (Wildman–Crippen MR) is 306 cm³/mol. The molecule has 0 rings (SSSR count). The average molecular weight is 975 g/mol. The van der Waals surface area contributed by atoms with Crippen molar-refractivity contribution in [3.63, 3.8) is 0 Å². The standard InChI is InChI=1S/C65H98O6/c1-4-7-10-13-16-19-22-25-28-30-31-32-33-35-37-40-43-46-49-52-55-58-64(67)70-61-62(60-69-63(66)57-54-51-48-45-42-39-36-27-24-21-18-15-12-9-6-3)71-65(68)59-56-53-50-47-44-41-38-34-29-26-23-20-17-14-11-8-5-2/h7-12,16-21,25-29,31-32,35-38,41-43,45-46,62H,4-6,13-15,22-24,30,33-34,39-40,44,47-61H2,1-3H3/b10-7-,11-8-,12-9-,19-16-,20-17-,21-18-,28-25-,29-26-,32-31-,36-27-,37-35-,41-38-,45-42-,46-43-. The van der Waals surface area contributed by atoms with E-state index in [1.807, 2.05) is 0 Å². The predicted octanol–water partition coefficient (Wildman–Crippen LogP) is 18.8. The highest BCUT2D eigenvalue weighted by Gasteiger charge is 2.19. The van der Waals surface area contributed by atoms with Crippen LogP contribution in [0.4, 0.5) is 0 Å². The lowest BCUT2D eigenvalue weighted by molar-refractivity contribution is -0.167. The minimum atomic E-state index is -0.836. The lowest BCUT2D eigenvalue weighted by Gasteiger charge is -2.18. The average Bonchev–Trinajstić information content (AvgIpc) is 3.37. The van der Waals surface area contributed by atoms with Gasteiger partial charge in [0.2, 0.25) is 0 Å². The number of hydrogen-bond acceptors (Lipinski definition) is 6. The molecule has 6 heteroatoms. The van der Waals surface area contributed by atoms with E-state index in [9.17, 15) is 14.4 Å². The van der Waals surface area contributed by atoms with Crippen molar-refractivity contribution in [2.45, 2.75) is 207 Å². The minimum absolute atomic E-state index is 0.133. The minimum Gasteiger partial charge on any atom is -0.462 e. The molecule has 1 atom stereocenters. The normalized spacial score (nSPS) is 13.5. The van der Waals surface area contributed by atoms with E-state index < -0.39 is 6.10 Å². The van der Waals surface area contributed by atoms with Crippen molar-refractivity contribution in [1.82, 2.24) is 0 Å². The zero-order chi connectivity index (χ0) is 51.4. The fourth-order valence-corrected chi connectivity index (χ4v) is 6.66. The topological polar surface area (TPSA) is 78.9 Å². The maximum Gasteiger partial charge on any atom is 0.306 e. The molecule has 0 amide bonds. The quantitative estimate of drug-likeness (QED) is 0.0262. The second kappa shape index (κ2) is 57.3. The number of esters is 3. The molecule has 0 heterocycles. The molecule has 6 nitrogen and oxygen atoms in total. The lowest BCUT2D eigenvalue weighted by Crippen LogP contribution is -2.30. The smallest absolute Gasteiger partial charge is 0.306 e. The van der Waals surface area contributed by atoms with E-state index in [1.165, 1.54) is 0 Å². The molecule has 0 aliphatic rings. The summed E-state index contributed by atoms with van der Waals surface area (Å²) < 4.78 is 16.7. The number of unbranched alkanes of at least 4 members (excludes halogenated alkanes) is 8. The van der Waals surface area contributed by atoms with Gasteiger partial charge in [-0.05, 0) is 148 Å². The van der Waals surface area contributed by atoms with Crippen LogP contribution < -0.4 is 0 Å². The molecule has 0 radical (unpaired) electrons. The van der Waals surface area contributed by atoms with Crippen LogP contribution in [0.3, 0.4) is 0 Å². The Balaban J connectivity index is 4.61. The van der Waals surface area contributed by atoms with Gasteiger partial charge in [-0.2, -0.15) is 0 Å². The number of carbonyl (C=O) groups is 3. The molecule has 394 valence electrons. The molecule has 0 aromatic heterocycles. The molecule has 0 aromatic rings. The number of ether oxygens (including phenoxy) is 3. The first-order chi connectivity index (χ1) is 35.0. The van der Waals surface area contributed by atoms with Gasteiger partial charge in [0.1, 0.15) is 13.2 Å². The Bertz CT molecular complexity index is 1690. The van der Waals surface area contributed by atoms with Gasteiger partial charge < -0.3 is 14.2 Å². The zero-order valence-electron chi connectivity index (χ0n) is 44.9. The highest BCUT2D eigenvalue weighted by atomic mass is 16.6. The Hall–Kier alpha value is -5.23. The van der Waals surface area contributed by atoms with Gasteiger partial charge in [0, 0.05) is 19.3 Å². The third-order valence-electron chi connectivity index (χ3n) is 10.7. The van der Waals surface area contributed by atoms with Crippen LogP contribution in [-0.4, -0.2) is 37.2 Å². The van der Waals surface area contributed by atoms with Crippen LogP contribution in [0.25, 0.3) is 0 Å². The van der Waals surface area contributed by atoms with Crippen molar-refractivity contribution in [2.24, 2.45) is 0 Å².